The van der Waals surface area contributed by atoms with Gasteiger partial charge in [0.1, 0.15) is 6.04 Å². The van der Waals surface area contributed by atoms with Crippen molar-refractivity contribution in [2.75, 3.05) is 39.8 Å². The first-order valence-corrected chi connectivity index (χ1v) is 8.56. The van der Waals surface area contributed by atoms with Gasteiger partial charge in [-0.3, -0.25) is 9.69 Å². The molecule has 2 aliphatic rings. The molecule has 1 atom stereocenters. The Balaban J connectivity index is 1.54. The molecule has 22 heavy (non-hydrogen) atoms. The summed E-state index contributed by atoms with van der Waals surface area (Å²) in [6, 6.07) is 3.68. The molecule has 0 spiro atoms. The molecule has 2 saturated heterocycles. The van der Waals surface area contributed by atoms with E-state index in [0.717, 1.165) is 39.1 Å². The summed E-state index contributed by atoms with van der Waals surface area (Å²) in [7, 11) is 1.72. The molecule has 0 saturated carbocycles. The lowest BCUT2D eigenvalue weighted by Crippen LogP contribution is -2.46. The zero-order valence-electron chi connectivity index (χ0n) is 12.8. The highest BCUT2D eigenvalue weighted by atomic mass is 32.1. The quantitative estimate of drug-likeness (QED) is 0.896. The summed E-state index contributed by atoms with van der Waals surface area (Å²) in [5, 5.41) is 4.85. The van der Waals surface area contributed by atoms with E-state index in [1.165, 1.54) is 4.88 Å². The Bertz CT molecular complexity index is 534. The average Bonchev–Trinajstić information content (AvgIpc) is 3.04. The van der Waals surface area contributed by atoms with Crippen molar-refractivity contribution >= 4 is 23.3 Å². The van der Waals surface area contributed by atoms with E-state index >= 15 is 0 Å². The van der Waals surface area contributed by atoms with Crippen LogP contribution in [0.1, 0.15) is 11.3 Å². The van der Waals surface area contributed by atoms with E-state index in [0.29, 0.717) is 6.54 Å². The molecule has 0 unspecified atom stereocenters. The van der Waals surface area contributed by atoms with Gasteiger partial charge in [0.05, 0.1) is 6.54 Å². The smallest absolute Gasteiger partial charge is 0.317 e. The Kier molecular flexibility index (Phi) is 4.63. The number of carbonyl (C=O) groups excluding carboxylic acids is 2. The number of hydrogen-bond acceptors (Lipinski definition) is 4. The van der Waals surface area contributed by atoms with Crippen LogP contribution < -0.4 is 5.32 Å². The second kappa shape index (κ2) is 6.66. The van der Waals surface area contributed by atoms with Crippen molar-refractivity contribution in [3.8, 4) is 0 Å². The zero-order chi connectivity index (χ0) is 15.5. The minimum atomic E-state index is -0.388. The molecule has 1 N–H and O–H groups in total. The van der Waals surface area contributed by atoms with Crippen molar-refractivity contribution in [3.63, 3.8) is 0 Å². The molecule has 0 aliphatic carbocycles. The van der Waals surface area contributed by atoms with Gasteiger partial charge in [-0.2, -0.15) is 0 Å². The van der Waals surface area contributed by atoms with E-state index in [1.807, 2.05) is 4.90 Å². The van der Waals surface area contributed by atoms with Gasteiger partial charge in [-0.05, 0) is 17.9 Å². The normalized spacial score (nSPS) is 23.5. The number of nitrogens with zero attached hydrogens (tertiary/aromatic N) is 3. The zero-order valence-corrected chi connectivity index (χ0v) is 13.6. The predicted octanol–water partition coefficient (Wildman–Crippen LogP) is 0.806. The maximum Gasteiger partial charge on any atom is 0.317 e. The molecule has 3 rings (SSSR count). The van der Waals surface area contributed by atoms with Gasteiger partial charge in [-0.1, -0.05) is 6.07 Å². The predicted molar refractivity (Wildman–Crippen MR) is 85.7 cm³/mol. The summed E-state index contributed by atoms with van der Waals surface area (Å²) in [6.45, 7) is 4.84. The lowest BCUT2D eigenvalue weighted by Gasteiger charge is -2.24. The van der Waals surface area contributed by atoms with Crippen LogP contribution in [-0.4, -0.2) is 72.5 Å². The molecule has 3 amide bonds. The number of likely N-dealkylation sites (N-methyl/N-ethyl adjacent to an activating group) is 1. The molecule has 3 heterocycles. The van der Waals surface area contributed by atoms with Gasteiger partial charge in [0.15, 0.2) is 0 Å². The van der Waals surface area contributed by atoms with E-state index in [2.05, 4.69) is 27.7 Å². The fourth-order valence-electron chi connectivity index (χ4n) is 2.99. The number of rotatable bonds is 3. The first-order chi connectivity index (χ1) is 10.6. The van der Waals surface area contributed by atoms with Crippen molar-refractivity contribution in [2.24, 2.45) is 0 Å². The van der Waals surface area contributed by atoms with Gasteiger partial charge < -0.3 is 15.1 Å². The van der Waals surface area contributed by atoms with Crippen LogP contribution >= 0.6 is 11.3 Å². The second-order valence-corrected chi connectivity index (χ2v) is 6.95. The summed E-state index contributed by atoms with van der Waals surface area (Å²) in [5.74, 6) is 0.0515. The summed E-state index contributed by atoms with van der Waals surface area (Å²) >= 11 is 1.78. The number of hydrogen-bond donors (Lipinski definition) is 1. The van der Waals surface area contributed by atoms with Gasteiger partial charge >= 0.3 is 6.03 Å². The lowest BCUT2D eigenvalue weighted by molar-refractivity contribution is -0.132. The second-order valence-electron chi connectivity index (χ2n) is 5.92. The van der Waals surface area contributed by atoms with Crippen molar-refractivity contribution in [1.29, 1.82) is 0 Å². The third kappa shape index (κ3) is 3.41. The number of urea groups is 1. The standard InChI is InChI=1S/C15H22N4O2S/c1-17-11-13(16-15(17)21)14(20)19-6-3-5-18(7-8-19)10-12-4-2-9-22-12/h2,4,9,13H,3,5-8,10-11H2,1H3,(H,16,21)/t13-/m1/s1. The highest BCUT2D eigenvalue weighted by Gasteiger charge is 2.34. The first-order valence-electron chi connectivity index (χ1n) is 7.68. The van der Waals surface area contributed by atoms with Crippen molar-refractivity contribution in [2.45, 2.75) is 19.0 Å². The molecular weight excluding hydrogens is 300 g/mol. The Hall–Kier alpha value is -1.60. The number of carbonyl (C=O) groups is 2. The summed E-state index contributed by atoms with van der Waals surface area (Å²) in [4.78, 5) is 31.3. The van der Waals surface area contributed by atoms with Gasteiger partial charge in [-0.15, -0.1) is 11.3 Å². The van der Waals surface area contributed by atoms with Crippen LogP contribution in [0.2, 0.25) is 0 Å². The molecule has 7 heteroatoms. The molecular formula is C15H22N4O2S. The molecule has 6 nitrogen and oxygen atoms in total. The van der Waals surface area contributed by atoms with Crippen molar-refractivity contribution in [3.05, 3.63) is 22.4 Å². The van der Waals surface area contributed by atoms with Crippen molar-refractivity contribution < 1.29 is 9.59 Å². The number of nitrogens with one attached hydrogen (secondary N) is 1. The third-order valence-electron chi connectivity index (χ3n) is 4.26. The largest absolute Gasteiger partial charge is 0.340 e. The third-order valence-corrected chi connectivity index (χ3v) is 5.12. The molecule has 1 aromatic rings. The number of amides is 3. The topological polar surface area (TPSA) is 55.9 Å². The van der Waals surface area contributed by atoms with E-state index in [9.17, 15) is 9.59 Å². The number of thiophene rings is 1. The molecule has 0 radical (unpaired) electrons. The van der Waals surface area contributed by atoms with Crippen LogP contribution in [0.3, 0.4) is 0 Å². The summed E-state index contributed by atoms with van der Waals surface area (Å²) in [5.41, 5.74) is 0. The highest BCUT2D eigenvalue weighted by molar-refractivity contribution is 7.09. The summed E-state index contributed by atoms with van der Waals surface area (Å²) < 4.78 is 0. The van der Waals surface area contributed by atoms with Crippen LogP contribution in [0.5, 0.6) is 0 Å². The average molecular weight is 322 g/mol. The van der Waals surface area contributed by atoms with Crippen LogP contribution in [0.4, 0.5) is 4.79 Å². The minimum Gasteiger partial charge on any atom is -0.340 e. The first kappa shape index (κ1) is 15.3. The fourth-order valence-corrected chi connectivity index (χ4v) is 3.74. The Morgan fingerprint density at radius 2 is 2.23 bits per heavy atom. The Labute approximate surface area is 134 Å². The molecule has 0 bridgehead atoms. The maximum atomic E-state index is 12.5. The SMILES string of the molecule is CN1C[C@H](C(=O)N2CCCN(Cc3cccs3)CC2)NC1=O. The van der Waals surface area contributed by atoms with E-state index in [4.69, 9.17) is 0 Å². The van der Waals surface area contributed by atoms with Gasteiger partial charge in [-0.25, -0.2) is 4.79 Å². The Morgan fingerprint density at radius 3 is 2.91 bits per heavy atom. The highest BCUT2D eigenvalue weighted by Crippen LogP contribution is 2.14. The molecule has 0 aromatic carbocycles. The molecule has 120 valence electrons. The monoisotopic (exact) mass is 322 g/mol. The van der Waals surface area contributed by atoms with Crippen LogP contribution in [-0.2, 0) is 11.3 Å². The van der Waals surface area contributed by atoms with Crippen LogP contribution in [0, 0.1) is 0 Å². The van der Waals surface area contributed by atoms with Gasteiger partial charge in [0.25, 0.3) is 0 Å². The van der Waals surface area contributed by atoms with E-state index in [1.54, 1.807) is 23.3 Å². The van der Waals surface area contributed by atoms with Gasteiger partial charge in [0.2, 0.25) is 5.91 Å². The van der Waals surface area contributed by atoms with Crippen LogP contribution in [0.15, 0.2) is 17.5 Å². The summed E-state index contributed by atoms with van der Waals surface area (Å²) in [6.07, 6.45) is 0.980. The van der Waals surface area contributed by atoms with Crippen molar-refractivity contribution in [1.82, 2.24) is 20.0 Å². The Morgan fingerprint density at radius 1 is 1.36 bits per heavy atom. The van der Waals surface area contributed by atoms with E-state index < -0.39 is 0 Å². The molecule has 1 aromatic heterocycles. The fraction of sp³-hybridized carbons (Fsp3) is 0.600. The lowest BCUT2D eigenvalue weighted by atomic mass is 10.2. The maximum absolute atomic E-state index is 12.5. The van der Waals surface area contributed by atoms with Gasteiger partial charge in [0, 0.05) is 44.6 Å². The van der Waals surface area contributed by atoms with E-state index in [-0.39, 0.29) is 18.0 Å². The van der Waals surface area contributed by atoms with Crippen LogP contribution in [0.25, 0.3) is 0 Å². The molecule has 2 aliphatic heterocycles. The molecule has 2 fully saturated rings. The minimum absolute atomic E-state index is 0.0515.